The number of hydrogen-bond donors (Lipinski definition) is 2. The molecule has 10 heteroatoms. The molecule has 1 fully saturated rings. The number of methoxy groups -OCH3 is 1. The average molecular weight is 395 g/mol. The van der Waals surface area contributed by atoms with Crippen LogP contribution >= 0.6 is 11.6 Å². The Kier molecular flexibility index (Phi) is 5.33. The summed E-state index contributed by atoms with van der Waals surface area (Å²) in [5.41, 5.74) is 1.69. The van der Waals surface area contributed by atoms with Crippen molar-refractivity contribution in [3.8, 4) is 5.88 Å². The zero-order valence-electron chi connectivity index (χ0n) is 15.4. The van der Waals surface area contributed by atoms with Crippen molar-refractivity contribution in [3.63, 3.8) is 0 Å². The summed E-state index contributed by atoms with van der Waals surface area (Å²) in [4.78, 5) is 8.74. The van der Waals surface area contributed by atoms with Crippen molar-refractivity contribution in [3.05, 3.63) is 16.9 Å². The van der Waals surface area contributed by atoms with Crippen molar-refractivity contribution in [2.75, 3.05) is 44.1 Å². The molecule has 2 aliphatic rings. The number of rotatable bonds is 2. The molecule has 9 nitrogen and oxygen atoms in total. The lowest BCUT2D eigenvalue weighted by Gasteiger charge is -2.23. The van der Waals surface area contributed by atoms with Crippen LogP contribution in [0.4, 0.5) is 17.5 Å². The monoisotopic (exact) mass is 394 g/mol. The van der Waals surface area contributed by atoms with Crippen LogP contribution in [0.5, 0.6) is 5.88 Å². The molecule has 2 atom stereocenters. The molecule has 0 spiro atoms. The maximum atomic E-state index is 6.20. The van der Waals surface area contributed by atoms with E-state index in [0.717, 1.165) is 30.8 Å². The van der Waals surface area contributed by atoms with Crippen LogP contribution in [-0.4, -0.2) is 59.3 Å². The number of hydrogen-bond acceptors (Lipinski definition) is 8. The minimum absolute atomic E-state index is 0.186. The van der Waals surface area contributed by atoms with Crippen LogP contribution in [0.25, 0.3) is 0 Å². The number of fused-ring (bicyclic) bond motifs is 3. The molecule has 146 valence electrons. The van der Waals surface area contributed by atoms with Crippen molar-refractivity contribution in [1.82, 2.24) is 19.7 Å². The molecule has 0 aromatic carbocycles. The molecule has 2 aromatic rings. The number of ether oxygens (including phenoxy) is 3. The first-order chi connectivity index (χ1) is 13.2. The molecule has 2 bridgehead atoms. The Hall–Kier alpha value is -2.10. The van der Waals surface area contributed by atoms with E-state index in [-0.39, 0.29) is 12.1 Å². The van der Waals surface area contributed by atoms with Gasteiger partial charge < -0.3 is 24.8 Å². The fourth-order valence-corrected chi connectivity index (χ4v) is 3.42. The SMILES string of the molecule is COC1CNc2nc(ncc2Cl)Nc2c(nn(C3CCCOC3)c2C)OC1. The molecule has 0 aliphatic carbocycles. The van der Waals surface area contributed by atoms with Gasteiger partial charge in [-0.1, -0.05) is 11.6 Å². The van der Waals surface area contributed by atoms with E-state index in [0.29, 0.717) is 42.4 Å². The first-order valence-corrected chi connectivity index (χ1v) is 9.39. The Bertz CT molecular complexity index is 808. The molecule has 1 saturated heterocycles. The lowest BCUT2D eigenvalue weighted by Crippen LogP contribution is -2.29. The summed E-state index contributed by atoms with van der Waals surface area (Å²) >= 11 is 6.20. The van der Waals surface area contributed by atoms with E-state index in [1.54, 1.807) is 13.3 Å². The van der Waals surface area contributed by atoms with Gasteiger partial charge in [-0.15, -0.1) is 5.10 Å². The highest BCUT2D eigenvalue weighted by atomic mass is 35.5. The van der Waals surface area contributed by atoms with Gasteiger partial charge in [0, 0.05) is 20.3 Å². The van der Waals surface area contributed by atoms with Gasteiger partial charge >= 0.3 is 0 Å². The molecule has 4 rings (SSSR count). The smallest absolute Gasteiger partial charge is 0.257 e. The predicted molar refractivity (Wildman–Crippen MR) is 101 cm³/mol. The minimum atomic E-state index is -0.186. The third-order valence-corrected chi connectivity index (χ3v) is 5.09. The second kappa shape index (κ2) is 7.87. The van der Waals surface area contributed by atoms with Crippen molar-refractivity contribution in [1.29, 1.82) is 0 Å². The second-order valence-electron chi connectivity index (χ2n) is 6.65. The van der Waals surface area contributed by atoms with Crippen LogP contribution in [0.2, 0.25) is 5.02 Å². The average Bonchev–Trinajstić information content (AvgIpc) is 2.99. The lowest BCUT2D eigenvalue weighted by molar-refractivity contribution is 0.0516. The standard InChI is InChI=1S/C17H23ClN6O3/c1-10-14-16(23-24(10)11-4-3-5-26-8-11)27-9-12(25-2)6-19-15-13(18)7-20-17(21-14)22-15/h7,11-12H,3-6,8-9H2,1-2H3,(H2,19,20,21,22). The van der Waals surface area contributed by atoms with Gasteiger partial charge in [0.15, 0.2) is 5.82 Å². The highest BCUT2D eigenvalue weighted by Gasteiger charge is 2.25. The quantitative estimate of drug-likeness (QED) is 0.802. The van der Waals surface area contributed by atoms with Crippen LogP contribution in [0.1, 0.15) is 24.6 Å². The van der Waals surface area contributed by atoms with Gasteiger partial charge in [0.05, 0.1) is 24.5 Å². The molecule has 2 unspecified atom stereocenters. The molecule has 2 aromatic heterocycles. The third-order valence-electron chi connectivity index (χ3n) is 4.82. The predicted octanol–water partition coefficient (Wildman–Crippen LogP) is 2.55. The molecule has 27 heavy (non-hydrogen) atoms. The Morgan fingerprint density at radius 2 is 2.26 bits per heavy atom. The molecule has 2 aliphatic heterocycles. The van der Waals surface area contributed by atoms with Crippen LogP contribution < -0.4 is 15.4 Å². The van der Waals surface area contributed by atoms with E-state index in [2.05, 4.69) is 20.6 Å². The van der Waals surface area contributed by atoms with Crippen LogP contribution in [0.15, 0.2) is 6.20 Å². The Balaban J connectivity index is 1.72. The van der Waals surface area contributed by atoms with E-state index in [4.69, 9.17) is 30.9 Å². The summed E-state index contributed by atoms with van der Waals surface area (Å²) < 4.78 is 19.1. The molecular weight excluding hydrogens is 372 g/mol. The molecule has 0 saturated carbocycles. The number of nitrogens with zero attached hydrogens (tertiary/aromatic N) is 4. The summed E-state index contributed by atoms with van der Waals surface area (Å²) in [6.45, 7) is 4.29. The van der Waals surface area contributed by atoms with Crippen LogP contribution in [0, 0.1) is 6.92 Å². The van der Waals surface area contributed by atoms with Gasteiger partial charge in [-0.2, -0.15) is 4.98 Å². The Labute approximate surface area is 162 Å². The van der Waals surface area contributed by atoms with Gasteiger partial charge in [-0.25, -0.2) is 4.98 Å². The number of aromatic nitrogens is 4. The summed E-state index contributed by atoms with van der Waals surface area (Å²) in [6.07, 6.45) is 3.42. The van der Waals surface area contributed by atoms with Gasteiger partial charge in [-0.3, -0.25) is 4.68 Å². The molecule has 0 radical (unpaired) electrons. The maximum Gasteiger partial charge on any atom is 0.257 e. The van der Waals surface area contributed by atoms with E-state index >= 15 is 0 Å². The maximum absolute atomic E-state index is 6.20. The van der Waals surface area contributed by atoms with Crippen LogP contribution in [-0.2, 0) is 9.47 Å². The van der Waals surface area contributed by atoms with Crippen molar-refractivity contribution >= 4 is 29.1 Å². The summed E-state index contributed by atoms with van der Waals surface area (Å²) in [7, 11) is 1.64. The first kappa shape index (κ1) is 18.3. The third kappa shape index (κ3) is 3.80. The number of anilines is 3. The Morgan fingerprint density at radius 1 is 1.37 bits per heavy atom. The minimum Gasteiger partial charge on any atom is -0.472 e. The molecule has 4 heterocycles. The topological polar surface area (TPSA) is 95.4 Å². The van der Waals surface area contributed by atoms with Crippen molar-refractivity contribution in [2.45, 2.75) is 31.9 Å². The van der Waals surface area contributed by atoms with Gasteiger partial charge in [0.2, 0.25) is 5.95 Å². The highest BCUT2D eigenvalue weighted by molar-refractivity contribution is 6.32. The van der Waals surface area contributed by atoms with E-state index in [1.165, 1.54) is 0 Å². The van der Waals surface area contributed by atoms with Gasteiger partial charge in [-0.05, 0) is 19.8 Å². The summed E-state index contributed by atoms with van der Waals surface area (Å²) in [6, 6.07) is 0.186. The lowest BCUT2D eigenvalue weighted by atomic mass is 10.1. The molecular formula is C17H23ClN6O3. The molecule has 2 N–H and O–H groups in total. The van der Waals surface area contributed by atoms with Crippen molar-refractivity contribution < 1.29 is 14.2 Å². The normalized spacial score (nSPS) is 22.6. The van der Waals surface area contributed by atoms with Gasteiger partial charge in [0.1, 0.15) is 23.4 Å². The fourth-order valence-electron chi connectivity index (χ4n) is 3.27. The van der Waals surface area contributed by atoms with E-state index < -0.39 is 0 Å². The van der Waals surface area contributed by atoms with E-state index in [1.807, 2.05) is 11.6 Å². The number of nitrogens with one attached hydrogen (secondary N) is 2. The van der Waals surface area contributed by atoms with Crippen LogP contribution in [0.3, 0.4) is 0 Å². The summed E-state index contributed by atoms with van der Waals surface area (Å²) in [5, 5.41) is 11.6. The Morgan fingerprint density at radius 3 is 3.04 bits per heavy atom. The van der Waals surface area contributed by atoms with Gasteiger partial charge in [0.25, 0.3) is 5.88 Å². The fraction of sp³-hybridized carbons (Fsp3) is 0.588. The second-order valence-corrected chi connectivity index (χ2v) is 7.05. The summed E-state index contributed by atoms with van der Waals surface area (Å²) in [5.74, 6) is 1.47. The highest BCUT2D eigenvalue weighted by Crippen LogP contribution is 2.34. The first-order valence-electron chi connectivity index (χ1n) is 9.01. The van der Waals surface area contributed by atoms with E-state index in [9.17, 15) is 0 Å². The number of halogens is 1. The zero-order valence-corrected chi connectivity index (χ0v) is 16.1. The zero-order chi connectivity index (χ0) is 18.8. The van der Waals surface area contributed by atoms with Crippen molar-refractivity contribution in [2.24, 2.45) is 0 Å². The molecule has 0 amide bonds. The largest absolute Gasteiger partial charge is 0.472 e.